The van der Waals surface area contributed by atoms with E-state index in [1.165, 1.54) is 0 Å². The Morgan fingerprint density at radius 1 is 1.43 bits per heavy atom. The highest BCUT2D eigenvalue weighted by atomic mass is 16.6. The first-order valence-electron chi connectivity index (χ1n) is 5.34. The second-order valence-corrected chi connectivity index (χ2v) is 5.11. The van der Waals surface area contributed by atoms with Crippen LogP contribution in [0.1, 0.15) is 34.1 Å². The van der Waals surface area contributed by atoms with Crippen molar-refractivity contribution in [1.82, 2.24) is 5.32 Å². The number of ether oxygens (including phenoxy) is 1. The molecule has 3 heteroatoms. The number of carbonyl (C=O) groups is 1. The SMILES string of the molecule is CC1CNCC[C@@H]1C(=O)OC(C)(C)C. The lowest BCUT2D eigenvalue weighted by atomic mass is 9.88. The van der Waals surface area contributed by atoms with Gasteiger partial charge in [0, 0.05) is 0 Å². The summed E-state index contributed by atoms with van der Waals surface area (Å²) in [5.74, 6) is 0.431. The number of rotatable bonds is 1. The first-order chi connectivity index (χ1) is 6.40. The second-order valence-electron chi connectivity index (χ2n) is 5.11. The van der Waals surface area contributed by atoms with Crippen LogP contribution >= 0.6 is 0 Å². The van der Waals surface area contributed by atoms with Crippen molar-refractivity contribution in [2.24, 2.45) is 11.8 Å². The summed E-state index contributed by atoms with van der Waals surface area (Å²) in [7, 11) is 0. The summed E-state index contributed by atoms with van der Waals surface area (Å²) in [6, 6.07) is 0. The lowest BCUT2D eigenvalue weighted by molar-refractivity contribution is -0.162. The highest BCUT2D eigenvalue weighted by Gasteiger charge is 2.31. The van der Waals surface area contributed by atoms with E-state index in [9.17, 15) is 4.79 Å². The maximum Gasteiger partial charge on any atom is 0.309 e. The minimum atomic E-state index is -0.359. The van der Waals surface area contributed by atoms with E-state index < -0.39 is 0 Å². The Hall–Kier alpha value is -0.570. The molecule has 1 fully saturated rings. The molecule has 14 heavy (non-hydrogen) atoms. The van der Waals surface area contributed by atoms with Crippen LogP contribution in [0.2, 0.25) is 0 Å². The van der Waals surface area contributed by atoms with Gasteiger partial charge in [-0.3, -0.25) is 4.79 Å². The molecule has 1 rings (SSSR count). The van der Waals surface area contributed by atoms with E-state index >= 15 is 0 Å². The van der Waals surface area contributed by atoms with Gasteiger partial charge in [-0.05, 0) is 46.2 Å². The Balaban J connectivity index is 2.50. The summed E-state index contributed by atoms with van der Waals surface area (Å²) < 4.78 is 5.38. The van der Waals surface area contributed by atoms with Crippen molar-refractivity contribution in [2.45, 2.75) is 39.7 Å². The molecule has 0 amide bonds. The van der Waals surface area contributed by atoms with Crippen LogP contribution in [-0.2, 0) is 9.53 Å². The molecule has 3 nitrogen and oxygen atoms in total. The van der Waals surface area contributed by atoms with Gasteiger partial charge in [0.25, 0.3) is 0 Å². The number of carbonyl (C=O) groups excluding carboxylic acids is 1. The van der Waals surface area contributed by atoms with Crippen LogP contribution in [0.4, 0.5) is 0 Å². The minimum absolute atomic E-state index is 0.0356. The maximum absolute atomic E-state index is 11.8. The predicted octanol–water partition coefficient (Wildman–Crippen LogP) is 1.57. The van der Waals surface area contributed by atoms with Crippen molar-refractivity contribution >= 4 is 5.97 Å². The van der Waals surface area contributed by atoms with Gasteiger partial charge in [0.15, 0.2) is 0 Å². The molecule has 0 spiro atoms. The predicted molar refractivity (Wildman–Crippen MR) is 56.0 cm³/mol. The lowest BCUT2D eigenvalue weighted by Gasteiger charge is -2.30. The maximum atomic E-state index is 11.8. The summed E-state index contributed by atoms with van der Waals surface area (Å²) in [6.45, 7) is 9.68. The Bertz CT molecular complexity index is 208. The van der Waals surface area contributed by atoms with Gasteiger partial charge in [0.2, 0.25) is 0 Å². The average Bonchev–Trinajstić information content (AvgIpc) is 2.01. The summed E-state index contributed by atoms with van der Waals surface area (Å²) in [4.78, 5) is 11.8. The molecule has 1 aliphatic heterocycles. The van der Waals surface area contributed by atoms with Gasteiger partial charge in [-0.2, -0.15) is 0 Å². The largest absolute Gasteiger partial charge is 0.460 e. The van der Waals surface area contributed by atoms with Gasteiger partial charge >= 0.3 is 5.97 Å². The topological polar surface area (TPSA) is 38.3 Å². The molecule has 0 aliphatic carbocycles. The molecule has 0 aromatic heterocycles. The van der Waals surface area contributed by atoms with Gasteiger partial charge in [0.1, 0.15) is 5.60 Å². The molecule has 1 N–H and O–H groups in total. The van der Waals surface area contributed by atoms with Crippen molar-refractivity contribution in [3.63, 3.8) is 0 Å². The quantitative estimate of drug-likeness (QED) is 0.651. The normalized spacial score (nSPS) is 28.6. The standard InChI is InChI=1S/C11H21NO2/c1-8-7-12-6-5-9(8)10(13)14-11(2,3)4/h8-9,12H,5-7H2,1-4H3/t8?,9-/m0/s1. The smallest absolute Gasteiger partial charge is 0.309 e. The van der Waals surface area contributed by atoms with E-state index in [4.69, 9.17) is 4.74 Å². The molecule has 0 radical (unpaired) electrons. The molecule has 82 valence electrons. The van der Waals surface area contributed by atoms with Crippen LogP contribution in [0.3, 0.4) is 0 Å². The van der Waals surface area contributed by atoms with E-state index in [-0.39, 0.29) is 17.5 Å². The Morgan fingerprint density at radius 3 is 2.57 bits per heavy atom. The van der Waals surface area contributed by atoms with E-state index in [1.807, 2.05) is 20.8 Å². The zero-order valence-electron chi connectivity index (χ0n) is 9.59. The number of piperidine rings is 1. The van der Waals surface area contributed by atoms with Gasteiger partial charge in [-0.1, -0.05) is 6.92 Å². The van der Waals surface area contributed by atoms with Crippen LogP contribution in [-0.4, -0.2) is 24.7 Å². The van der Waals surface area contributed by atoms with E-state index in [2.05, 4.69) is 12.2 Å². The summed E-state index contributed by atoms with van der Waals surface area (Å²) in [5.41, 5.74) is -0.359. The summed E-state index contributed by atoms with van der Waals surface area (Å²) in [6.07, 6.45) is 0.899. The van der Waals surface area contributed by atoms with Crippen LogP contribution in [0, 0.1) is 11.8 Å². The zero-order valence-corrected chi connectivity index (χ0v) is 9.59. The fourth-order valence-electron chi connectivity index (χ4n) is 1.74. The van der Waals surface area contributed by atoms with Gasteiger partial charge in [-0.15, -0.1) is 0 Å². The molecule has 0 aromatic rings. The van der Waals surface area contributed by atoms with Gasteiger partial charge in [0.05, 0.1) is 5.92 Å². The van der Waals surface area contributed by atoms with Crippen molar-refractivity contribution < 1.29 is 9.53 Å². The molecule has 1 aliphatic rings. The zero-order chi connectivity index (χ0) is 10.8. The number of esters is 1. The summed E-state index contributed by atoms with van der Waals surface area (Å²) in [5, 5.41) is 3.27. The van der Waals surface area contributed by atoms with Crippen molar-refractivity contribution in [3.05, 3.63) is 0 Å². The van der Waals surface area contributed by atoms with Crippen molar-refractivity contribution in [2.75, 3.05) is 13.1 Å². The molecule has 0 bridgehead atoms. The van der Waals surface area contributed by atoms with Crippen LogP contribution in [0.25, 0.3) is 0 Å². The van der Waals surface area contributed by atoms with Crippen LogP contribution in [0.15, 0.2) is 0 Å². The molecular formula is C11H21NO2. The van der Waals surface area contributed by atoms with Crippen LogP contribution in [0.5, 0.6) is 0 Å². The second kappa shape index (κ2) is 4.30. The van der Waals surface area contributed by atoms with Crippen LogP contribution < -0.4 is 5.32 Å². The Morgan fingerprint density at radius 2 is 2.07 bits per heavy atom. The number of hydrogen-bond donors (Lipinski definition) is 1. The van der Waals surface area contributed by atoms with E-state index in [1.54, 1.807) is 0 Å². The fraction of sp³-hybridized carbons (Fsp3) is 0.909. The fourth-order valence-corrected chi connectivity index (χ4v) is 1.74. The van der Waals surface area contributed by atoms with Gasteiger partial charge in [-0.25, -0.2) is 0 Å². The Labute approximate surface area is 86.2 Å². The third-order valence-electron chi connectivity index (χ3n) is 2.49. The number of nitrogens with one attached hydrogen (secondary N) is 1. The first kappa shape index (κ1) is 11.5. The highest BCUT2D eigenvalue weighted by molar-refractivity contribution is 5.73. The molecular weight excluding hydrogens is 178 g/mol. The van der Waals surface area contributed by atoms with Crippen molar-refractivity contribution in [1.29, 1.82) is 0 Å². The summed E-state index contributed by atoms with van der Waals surface area (Å²) >= 11 is 0. The molecule has 2 atom stereocenters. The number of hydrogen-bond acceptors (Lipinski definition) is 3. The third kappa shape index (κ3) is 3.29. The van der Waals surface area contributed by atoms with E-state index in [0.717, 1.165) is 19.5 Å². The van der Waals surface area contributed by atoms with Gasteiger partial charge < -0.3 is 10.1 Å². The van der Waals surface area contributed by atoms with E-state index in [0.29, 0.717) is 5.92 Å². The highest BCUT2D eigenvalue weighted by Crippen LogP contribution is 2.22. The molecule has 1 heterocycles. The molecule has 0 saturated carbocycles. The monoisotopic (exact) mass is 199 g/mol. The average molecular weight is 199 g/mol. The third-order valence-corrected chi connectivity index (χ3v) is 2.49. The van der Waals surface area contributed by atoms with Crippen molar-refractivity contribution in [3.8, 4) is 0 Å². The molecule has 1 unspecified atom stereocenters. The molecule has 0 aromatic carbocycles. The first-order valence-corrected chi connectivity index (χ1v) is 5.34. The minimum Gasteiger partial charge on any atom is -0.460 e. The Kier molecular flexibility index (Phi) is 3.53. The molecule has 1 saturated heterocycles. The lowest BCUT2D eigenvalue weighted by Crippen LogP contribution is -2.41.